The fraction of sp³-hybridized carbons (Fsp3) is 0.308. The minimum absolute atomic E-state index is 0.0238. The Morgan fingerprint density at radius 3 is 2.85 bits per heavy atom. The molecular formula is C13H14BrN3OS2. The first-order valence-corrected chi connectivity index (χ1v) is 8.80. The van der Waals surface area contributed by atoms with Crippen LogP contribution in [0.3, 0.4) is 0 Å². The molecule has 1 saturated heterocycles. The van der Waals surface area contributed by atoms with E-state index in [1.54, 1.807) is 18.0 Å². The molecule has 0 aromatic heterocycles. The summed E-state index contributed by atoms with van der Waals surface area (Å²) in [4.78, 5) is 12.6. The Kier molecular flexibility index (Phi) is 6.12. The number of amides is 1. The van der Waals surface area contributed by atoms with Gasteiger partial charge in [-0.25, -0.2) is 0 Å². The maximum Gasteiger partial charge on any atom is 0.239 e. The molecule has 1 unspecified atom stereocenters. The van der Waals surface area contributed by atoms with Crippen molar-refractivity contribution in [1.82, 2.24) is 5.32 Å². The highest BCUT2D eigenvalue weighted by Crippen LogP contribution is 2.22. The molecule has 0 radical (unpaired) electrons. The number of hydrogen-bond acceptors (Lipinski definition) is 5. The summed E-state index contributed by atoms with van der Waals surface area (Å²) in [6.07, 6.45) is 2.55. The van der Waals surface area contributed by atoms with Crippen LogP contribution in [0.5, 0.6) is 0 Å². The van der Waals surface area contributed by atoms with Gasteiger partial charge >= 0.3 is 0 Å². The van der Waals surface area contributed by atoms with E-state index in [0.717, 1.165) is 16.6 Å². The van der Waals surface area contributed by atoms with Gasteiger partial charge in [0, 0.05) is 21.3 Å². The van der Waals surface area contributed by atoms with Crippen molar-refractivity contribution in [2.24, 2.45) is 10.2 Å². The third kappa shape index (κ3) is 4.64. The van der Waals surface area contributed by atoms with Crippen LogP contribution in [0.15, 0.2) is 43.8 Å². The predicted molar refractivity (Wildman–Crippen MR) is 90.6 cm³/mol. The Bertz CT molecular complexity index is 531. The minimum atomic E-state index is -0.0268. The van der Waals surface area contributed by atoms with Crippen molar-refractivity contribution in [3.63, 3.8) is 0 Å². The number of rotatable bonds is 5. The zero-order chi connectivity index (χ0) is 14.4. The van der Waals surface area contributed by atoms with Gasteiger partial charge in [0.1, 0.15) is 0 Å². The number of amidine groups is 1. The average Bonchev–Trinajstić information content (AvgIpc) is 2.81. The van der Waals surface area contributed by atoms with Crippen LogP contribution < -0.4 is 5.32 Å². The molecular weight excluding hydrogens is 358 g/mol. The lowest BCUT2D eigenvalue weighted by molar-refractivity contribution is -0.118. The van der Waals surface area contributed by atoms with E-state index in [2.05, 4.69) is 31.4 Å². The Morgan fingerprint density at radius 1 is 1.45 bits per heavy atom. The molecule has 1 fully saturated rings. The van der Waals surface area contributed by atoms with Gasteiger partial charge in [0.15, 0.2) is 5.17 Å². The summed E-state index contributed by atoms with van der Waals surface area (Å²) in [5.74, 6) is 0.768. The third-order valence-corrected chi connectivity index (χ3v) is 5.20. The minimum Gasteiger partial charge on any atom is -0.303 e. The summed E-state index contributed by atoms with van der Waals surface area (Å²) in [7, 11) is 0. The number of benzene rings is 1. The van der Waals surface area contributed by atoms with E-state index in [1.165, 1.54) is 16.7 Å². The van der Waals surface area contributed by atoms with Crippen molar-refractivity contribution in [3.8, 4) is 0 Å². The van der Waals surface area contributed by atoms with Crippen molar-refractivity contribution < 1.29 is 4.79 Å². The summed E-state index contributed by atoms with van der Waals surface area (Å²) >= 11 is 6.52. The lowest BCUT2D eigenvalue weighted by Gasteiger charge is -1.97. The van der Waals surface area contributed by atoms with Crippen LogP contribution in [0.2, 0.25) is 0 Å². The molecule has 4 nitrogen and oxygen atoms in total. The summed E-state index contributed by atoms with van der Waals surface area (Å²) < 4.78 is 1.07. The molecule has 20 heavy (non-hydrogen) atoms. The van der Waals surface area contributed by atoms with E-state index in [-0.39, 0.29) is 11.2 Å². The second kappa shape index (κ2) is 7.85. The smallest absolute Gasteiger partial charge is 0.239 e. The quantitative estimate of drug-likeness (QED) is 0.489. The van der Waals surface area contributed by atoms with Crippen molar-refractivity contribution in [2.75, 3.05) is 5.75 Å². The van der Waals surface area contributed by atoms with E-state index in [1.807, 2.05) is 31.2 Å². The highest BCUT2D eigenvalue weighted by Gasteiger charge is 2.28. The summed E-state index contributed by atoms with van der Waals surface area (Å²) in [6.45, 7) is 1.98. The monoisotopic (exact) mass is 371 g/mol. The van der Waals surface area contributed by atoms with Crippen molar-refractivity contribution >= 4 is 56.7 Å². The lowest BCUT2D eigenvalue weighted by atomic mass is 10.3. The number of halogens is 1. The van der Waals surface area contributed by atoms with E-state index < -0.39 is 0 Å². The van der Waals surface area contributed by atoms with Gasteiger partial charge in [0.05, 0.1) is 5.25 Å². The maximum atomic E-state index is 11.4. The molecule has 2 rings (SSSR count). The van der Waals surface area contributed by atoms with E-state index >= 15 is 0 Å². The van der Waals surface area contributed by atoms with Gasteiger partial charge in [-0.05, 0) is 30.7 Å². The SMILES string of the molecule is CCC1S/C(=N\N=C\CSc2ccc(Br)cc2)NC1=O. The zero-order valence-corrected chi connectivity index (χ0v) is 14.1. The topological polar surface area (TPSA) is 53.8 Å². The summed E-state index contributed by atoms with van der Waals surface area (Å²) in [5, 5.41) is 11.3. The third-order valence-electron chi connectivity index (χ3n) is 2.52. The molecule has 1 heterocycles. The Hall–Kier alpha value is -0.790. The molecule has 106 valence electrons. The molecule has 1 amide bonds. The van der Waals surface area contributed by atoms with Crippen molar-refractivity contribution in [1.29, 1.82) is 0 Å². The van der Waals surface area contributed by atoms with Gasteiger partial charge in [-0.2, -0.15) is 5.10 Å². The van der Waals surface area contributed by atoms with Crippen LogP contribution in [0.4, 0.5) is 0 Å². The fourth-order valence-corrected chi connectivity index (χ4v) is 3.29. The average molecular weight is 372 g/mol. The Balaban J connectivity index is 1.77. The normalized spacial score (nSPS) is 20.8. The molecule has 0 spiro atoms. The number of nitrogens with zero attached hydrogens (tertiary/aromatic N) is 2. The molecule has 0 saturated carbocycles. The molecule has 1 aliphatic heterocycles. The van der Waals surface area contributed by atoms with Crippen LogP contribution in [0, 0.1) is 0 Å². The second-order valence-corrected chi connectivity index (χ2v) is 7.17. The van der Waals surface area contributed by atoms with Crippen LogP contribution in [-0.2, 0) is 4.79 Å². The molecule has 7 heteroatoms. The van der Waals surface area contributed by atoms with E-state index in [9.17, 15) is 4.79 Å². The lowest BCUT2D eigenvalue weighted by Crippen LogP contribution is -2.24. The molecule has 0 aliphatic carbocycles. The highest BCUT2D eigenvalue weighted by molar-refractivity contribution is 9.10. The molecule has 1 N–H and O–H groups in total. The summed E-state index contributed by atoms with van der Waals surface area (Å²) in [6, 6.07) is 8.12. The zero-order valence-electron chi connectivity index (χ0n) is 10.9. The number of carbonyl (C=O) groups is 1. The Labute approximate surface area is 135 Å². The second-order valence-electron chi connectivity index (χ2n) is 3.97. The molecule has 0 bridgehead atoms. The van der Waals surface area contributed by atoms with Crippen LogP contribution in [-0.4, -0.2) is 28.3 Å². The largest absolute Gasteiger partial charge is 0.303 e. The van der Waals surface area contributed by atoms with Gasteiger partial charge in [0.2, 0.25) is 5.91 Å². The number of carbonyl (C=O) groups excluding carboxylic acids is 1. The van der Waals surface area contributed by atoms with Crippen molar-refractivity contribution in [2.45, 2.75) is 23.5 Å². The predicted octanol–water partition coefficient (Wildman–Crippen LogP) is 3.52. The first-order valence-electron chi connectivity index (χ1n) is 6.14. The van der Waals surface area contributed by atoms with Crippen LogP contribution in [0.1, 0.15) is 13.3 Å². The maximum absolute atomic E-state index is 11.4. The van der Waals surface area contributed by atoms with E-state index in [0.29, 0.717) is 5.17 Å². The van der Waals surface area contributed by atoms with Gasteiger partial charge in [-0.3, -0.25) is 4.79 Å². The van der Waals surface area contributed by atoms with Gasteiger partial charge < -0.3 is 5.32 Å². The van der Waals surface area contributed by atoms with Crippen LogP contribution in [0.25, 0.3) is 0 Å². The standard InChI is InChI=1S/C13H14BrN3OS2/c1-2-11-12(18)16-13(20-11)17-15-7-8-19-10-5-3-9(14)4-6-10/h3-7,11H,2,8H2,1H3,(H,16,17,18)/b15-7+. The Morgan fingerprint density at radius 2 is 2.20 bits per heavy atom. The summed E-state index contributed by atoms with van der Waals surface area (Å²) in [5.41, 5.74) is 0. The van der Waals surface area contributed by atoms with Crippen molar-refractivity contribution in [3.05, 3.63) is 28.7 Å². The fourth-order valence-electron chi connectivity index (χ4n) is 1.51. The van der Waals surface area contributed by atoms with Gasteiger partial charge in [0.25, 0.3) is 0 Å². The van der Waals surface area contributed by atoms with E-state index in [4.69, 9.17) is 0 Å². The molecule has 1 atom stereocenters. The number of thioether (sulfide) groups is 2. The first-order chi connectivity index (χ1) is 9.69. The molecule has 1 aliphatic rings. The van der Waals surface area contributed by atoms with Gasteiger partial charge in [-0.1, -0.05) is 34.6 Å². The molecule has 1 aromatic carbocycles. The van der Waals surface area contributed by atoms with Crippen LogP contribution >= 0.6 is 39.5 Å². The molecule has 1 aromatic rings. The highest BCUT2D eigenvalue weighted by atomic mass is 79.9. The first kappa shape index (κ1) is 15.6. The number of nitrogens with one attached hydrogen (secondary N) is 1. The van der Waals surface area contributed by atoms with Gasteiger partial charge in [-0.15, -0.1) is 16.9 Å². The number of hydrogen-bond donors (Lipinski definition) is 1.